The highest BCUT2D eigenvalue weighted by Gasteiger charge is 2.21. The van der Waals surface area contributed by atoms with Crippen molar-refractivity contribution in [2.45, 2.75) is 40.7 Å². The van der Waals surface area contributed by atoms with Gasteiger partial charge in [-0.05, 0) is 57.9 Å². The molecule has 28 heavy (non-hydrogen) atoms. The Hall–Kier alpha value is -3.16. The summed E-state index contributed by atoms with van der Waals surface area (Å²) in [6, 6.07) is 5.29. The first-order chi connectivity index (χ1) is 13.1. The van der Waals surface area contributed by atoms with E-state index in [1.165, 1.54) is 6.92 Å². The Morgan fingerprint density at radius 3 is 2.39 bits per heavy atom. The van der Waals surface area contributed by atoms with Crippen LogP contribution in [0.25, 0.3) is 0 Å². The molecule has 1 atom stereocenters. The summed E-state index contributed by atoms with van der Waals surface area (Å²) in [5.74, 6) is -1.54. The van der Waals surface area contributed by atoms with Gasteiger partial charge in [0.15, 0.2) is 6.10 Å². The van der Waals surface area contributed by atoms with Crippen molar-refractivity contribution in [3.05, 3.63) is 46.3 Å². The van der Waals surface area contributed by atoms with Crippen LogP contribution in [-0.2, 0) is 21.4 Å². The Morgan fingerprint density at radius 1 is 1.14 bits per heavy atom. The minimum Gasteiger partial charge on any atom is -0.451 e. The van der Waals surface area contributed by atoms with Crippen molar-refractivity contribution in [2.75, 3.05) is 11.9 Å². The zero-order chi connectivity index (χ0) is 21.0. The van der Waals surface area contributed by atoms with Gasteiger partial charge in [0.1, 0.15) is 6.54 Å². The molecule has 0 aliphatic rings. The number of aromatic nitrogens is 2. The largest absolute Gasteiger partial charge is 0.451 e. The molecule has 0 spiro atoms. The molecule has 0 bridgehead atoms. The zero-order valence-corrected chi connectivity index (χ0v) is 17.0. The van der Waals surface area contributed by atoms with Gasteiger partial charge in [0.05, 0.1) is 17.1 Å². The number of carbonyl (C=O) groups excluding carboxylic acids is 3. The fourth-order valence-electron chi connectivity index (χ4n) is 2.61. The van der Waals surface area contributed by atoms with Crippen molar-refractivity contribution < 1.29 is 19.1 Å². The third-order valence-corrected chi connectivity index (χ3v) is 4.60. The number of amides is 2. The van der Waals surface area contributed by atoms with Crippen LogP contribution in [0.4, 0.5) is 5.69 Å². The summed E-state index contributed by atoms with van der Waals surface area (Å²) in [5, 5.41) is 9.44. The van der Waals surface area contributed by atoms with E-state index in [2.05, 4.69) is 15.7 Å². The Kier molecular flexibility index (Phi) is 6.56. The summed E-state index contributed by atoms with van der Waals surface area (Å²) in [6.45, 7) is 8.62. The second-order valence-corrected chi connectivity index (χ2v) is 6.77. The molecule has 1 aromatic carbocycles. The van der Waals surface area contributed by atoms with E-state index in [0.717, 1.165) is 16.8 Å². The molecule has 1 heterocycles. The molecule has 0 saturated heterocycles. The number of esters is 1. The Bertz CT molecular complexity index is 917. The first-order valence-electron chi connectivity index (χ1n) is 8.96. The van der Waals surface area contributed by atoms with Crippen LogP contribution in [0.3, 0.4) is 0 Å². The maximum atomic E-state index is 12.3. The van der Waals surface area contributed by atoms with E-state index in [-0.39, 0.29) is 12.5 Å². The highest BCUT2D eigenvalue weighted by Crippen LogP contribution is 2.18. The van der Waals surface area contributed by atoms with E-state index in [9.17, 15) is 14.4 Å². The van der Waals surface area contributed by atoms with Crippen LogP contribution in [0, 0.1) is 27.7 Å². The predicted octanol–water partition coefficient (Wildman–Crippen LogP) is 1.95. The number of benzene rings is 1. The van der Waals surface area contributed by atoms with Crippen molar-refractivity contribution in [3.8, 4) is 0 Å². The normalized spacial score (nSPS) is 11.6. The van der Waals surface area contributed by atoms with Crippen LogP contribution >= 0.6 is 0 Å². The Labute approximate surface area is 164 Å². The maximum absolute atomic E-state index is 12.3. The van der Waals surface area contributed by atoms with Gasteiger partial charge in [-0.25, -0.2) is 0 Å². The van der Waals surface area contributed by atoms with Crippen molar-refractivity contribution in [1.82, 2.24) is 15.1 Å². The molecule has 2 rings (SSSR count). The lowest BCUT2D eigenvalue weighted by atomic mass is 10.1. The molecule has 8 nitrogen and oxygen atoms in total. The quantitative estimate of drug-likeness (QED) is 0.739. The maximum Gasteiger partial charge on any atom is 0.326 e. The molecule has 150 valence electrons. The number of nitrogens with zero attached hydrogens (tertiary/aromatic N) is 2. The third-order valence-electron chi connectivity index (χ3n) is 4.60. The topological polar surface area (TPSA) is 102 Å². The average Bonchev–Trinajstić information content (AvgIpc) is 2.87. The van der Waals surface area contributed by atoms with Gasteiger partial charge in [0.25, 0.3) is 11.8 Å². The number of ether oxygens (including phenoxy) is 1. The number of rotatable bonds is 6. The van der Waals surface area contributed by atoms with Crippen LogP contribution in [0.1, 0.15) is 39.8 Å². The number of hydrogen-bond acceptors (Lipinski definition) is 5. The molecular weight excluding hydrogens is 360 g/mol. The Balaban J connectivity index is 1.87. The SMILES string of the molecule is Cc1ccc(C(=O)NCC(=O)O[C@H](C)C(=O)Nc2c(C)nn(C)c2C)cc1C. The number of carbonyl (C=O) groups is 3. The van der Waals surface area contributed by atoms with Gasteiger partial charge >= 0.3 is 5.97 Å². The van der Waals surface area contributed by atoms with Crippen LogP contribution in [0.15, 0.2) is 18.2 Å². The molecule has 0 fully saturated rings. The molecule has 1 aromatic heterocycles. The van der Waals surface area contributed by atoms with Gasteiger partial charge in [0, 0.05) is 12.6 Å². The molecule has 0 saturated carbocycles. The van der Waals surface area contributed by atoms with E-state index in [1.807, 2.05) is 26.8 Å². The number of anilines is 1. The first-order valence-corrected chi connectivity index (χ1v) is 8.96. The summed E-state index contributed by atoms with van der Waals surface area (Å²) in [6.07, 6.45) is -1.01. The lowest BCUT2D eigenvalue weighted by Gasteiger charge is -2.14. The highest BCUT2D eigenvalue weighted by molar-refractivity contribution is 5.97. The van der Waals surface area contributed by atoms with Crippen molar-refractivity contribution in [3.63, 3.8) is 0 Å². The molecule has 0 radical (unpaired) electrons. The zero-order valence-electron chi connectivity index (χ0n) is 17.0. The van der Waals surface area contributed by atoms with Crippen molar-refractivity contribution in [2.24, 2.45) is 7.05 Å². The molecule has 2 aromatic rings. The molecule has 2 amide bonds. The molecular formula is C20H26N4O4. The van der Waals surface area contributed by atoms with Gasteiger partial charge in [-0.15, -0.1) is 0 Å². The standard InChI is InChI=1S/C20H26N4O4/c1-11-7-8-16(9-12(11)2)20(27)21-10-17(25)28-15(5)19(26)22-18-13(3)23-24(6)14(18)4/h7-9,15H,10H2,1-6H3,(H,21,27)(H,22,26)/t15-/m1/s1. The van der Waals surface area contributed by atoms with Gasteiger partial charge < -0.3 is 15.4 Å². The number of hydrogen-bond donors (Lipinski definition) is 2. The fourth-order valence-corrected chi connectivity index (χ4v) is 2.61. The lowest BCUT2D eigenvalue weighted by molar-refractivity contribution is -0.152. The lowest BCUT2D eigenvalue weighted by Crippen LogP contribution is -2.36. The molecule has 0 unspecified atom stereocenters. The first kappa shape index (κ1) is 21.1. The van der Waals surface area contributed by atoms with E-state index in [1.54, 1.807) is 30.8 Å². The summed E-state index contributed by atoms with van der Waals surface area (Å²) in [5.41, 5.74) is 4.59. The molecule has 8 heteroatoms. The van der Waals surface area contributed by atoms with Crippen molar-refractivity contribution in [1.29, 1.82) is 0 Å². The van der Waals surface area contributed by atoms with Gasteiger partial charge in [-0.3, -0.25) is 19.1 Å². The third kappa shape index (κ3) is 4.97. The molecule has 0 aliphatic carbocycles. The van der Waals surface area contributed by atoms with Crippen molar-refractivity contribution >= 4 is 23.5 Å². The monoisotopic (exact) mass is 386 g/mol. The van der Waals surface area contributed by atoms with Gasteiger partial charge in [-0.2, -0.15) is 5.10 Å². The fraction of sp³-hybridized carbons (Fsp3) is 0.400. The smallest absolute Gasteiger partial charge is 0.326 e. The van der Waals surface area contributed by atoms with E-state index in [4.69, 9.17) is 4.74 Å². The van der Waals surface area contributed by atoms with Gasteiger partial charge in [-0.1, -0.05) is 6.07 Å². The minimum absolute atomic E-state index is 0.325. The van der Waals surface area contributed by atoms with E-state index < -0.39 is 18.0 Å². The van der Waals surface area contributed by atoms with Crippen LogP contribution in [0.2, 0.25) is 0 Å². The summed E-state index contributed by atoms with van der Waals surface area (Å²) in [7, 11) is 1.78. The van der Waals surface area contributed by atoms with E-state index in [0.29, 0.717) is 16.9 Å². The van der Waals surface area contributed by atoms with Crippen LogP contribution < -0.4 is 10.6 Å². The van der Waals surface area contributed by atoms with Gasteiger partial charge in [0.2, 0.25) is 0 Å². The van der Waals surface area contributed by atoms with Crippen LogP contribution in [0.5, 0.6) is 0 Å². The summed E-state index contributed by atoms with van der Waals surface area (Å²) >= 11 is 0. The van der Waals surface area contributed by atoms with E-state index >= 15 is 0 Å². The average molecular weight is 386 g/mol. The molecule has 2 N–H and O–H groups in total. The summed E-state index contributed by atoms with van der Waals surface area (Å²) < 4.78 is 6.76. The van der Waals surface area contributed by atoms with Crippen LogP contribution in [-0.4, -0.2) is 40.2 Å². The second kappa shape index (κ2) is 8.69. The number of nitrogens with one attached hydrogen (secondary N) is 2. The summed E-state index contributed by atoms with van der Waals surface area (Å²) in [4.78, 5) is 36.4. The second-order valence-electron chi connectivity index (χ2n) is 6.77. The predicted molar refractivity (Wildman–Crippen MR) is 105 cm³/mol. The molecule has 0 aliphatic heterocycles. The Morgan fingerprint density at radius 2 is 1.82 bits per heavy atom. The number of aryl methyl sites for hydroxylation is 4. The minimum atomic E-state index is -1.01. The highest BCUT2D eigenvalue weighted by atomic mass is 16.5.